The normalized spacial score (nSPS) is 10.7. The highest BCUT2D eigenvalue weighted by Crippen LogP contribution is 1.81. The minimum absolute atomic E-state index is 0. The van der Waals surface area contributed by atoms with Gasteiger partial charge in [-0.1, -0.05) is 6.92 Å². The third-order valence-corrected chi connectivity index (χ3v) is 2.27. The number of carbonyl (C=O) groups excluding carboxylic acids is 1. The van der Waals surface area contributed by atoms with E-state index >= 15 is 0 Å². The Morgan fingerprint density at radius 2 is 1.85 bits per heavy atom. The summed E-state index contributed by atoms with van der Waals surface area (Å²) in [6, 6.07) is 0. The number of amides is 1. The monoisotopic (exact) mass is 400 g/mol. The number of carbonyl (C=O) groups is 1. The number of ether oxygens (including phenoxy) is 1. The summed E-state index contributed by atoms with van der Waals surface area (Å²) in [4.78, 5) is 15.8. The highest BCUT2D eigenvalue weighted by Gasteiger charge is 2.01. The summed E-state index contributed by atoms with van der Waals surface area (Å²) in [6.45, 7) is 10.1. The van der Waals surface area contributed by atoms with Crippen LogP contribution in [0.15, 0.2) is 4.99 Å². The second kappa shape index (κ2) is 16.5. The molecule has 3 N–H and O–H groups in total. The van der Waals surface area contributed by atoms with Gasteiger partial charge in [0.2, 0.25) is 5.91 Å². The summed E-state index contributed by atoms with van der Waals surface area (Å²) in [5.41, 5.74) is 0. The molecular formula is C13H29IN4O2. The number of halogens is 1. The first-order chi connectivity index (χ1) is 9.24. The fraction of sp³-hybridized carbons (Fsp3) is 0.846. The quantitative estimate of drug-likeness (QED) is 0.222. The molecule has 0 saturated heterocycles. The average Bonchev–Trinajstić information content (AvgIpc) is 2.41. The van der Waals surface area contributed by atoms with Gasteiger partial charge in [-0.15, -0.1) is 24.0 Å². The van der Waals surface area contributed by atoms with Crippen LogP contribution in [-0.2, 0) is 9.53 Å². The third-order valence-electron chi connectivity index (χ3n) is 2.27. The van der Waals surface area contributed by atoms with Crippen LogP contribution >= 0.6 is 24.0 Å². The van der Waals surface area contributed by atoms with E-state index in [1.54, 1.807) is 0 Å². The zero-order valence-electron chi connectivity index (χ0n) is 12.8. The molecule has 0 aliphatic rings. The van der Waals surface area contributed by atoms with Crippen molar-refractivity contribution in [2.24, 2.45) is 4.99 Å². The van der Waals surface area contributed by atoms with Crippen LogP contribution in [-0.4, -0.2) is 51.3 Å². The van der Waals surface area contributed by atoms with E-state index in [0.717, 1.165) is 25.5 Å². The van der Waals surface area contributed by atoms with Crippen LogP contribution in [0.3, 0.4) is 0 Å². The van der Waals surface area contributed by atoms with Crippen molar-refractivity contribution in [3.63, 3.8) is 0 Å². The number of aliphatic imine (C=N–C) groups is 1. The van der Waals surface area contributed by atoms with Crippen molar-refractivity contribution in [3.8, 4) is 0 Å². The fourth-order valence-corrected chi connectivity index (χ4v) is 1.36. The lowest BCUT2D eigenvalue weighted by Crippen LogP contribution is -2.39. The highest BCUT2D eigenvalue weighted by molar-refractivity contribution is 14.0. The van der Waals surface area contributed by atoms with Crippen molar-refractivity contribution in [2.75, 3.05) is 39.4 Å². The Morgan fingerprint density at radius 1 is 1.10 bits per heavy atom. The first kappa shape index (κ1) is 21.7. The van der Waals surface area contributed by atoms with E-state index in [2.05, 4.69) is 20.9 Å². The first-order valence-electron chi connectivity index (χ1n) is 7.11. The summed E-state index contributed by atoms with van der Waals surface area (Å²) in [7, 11) is 0. The Hall–Kier alpha value is -0.570. The number of hydrogen-bond acceptors (Lipinski definition) is 3. The zero-order valence-corrected chi connectivity index (χ0v) is 15.2. The third kappa shape index (κ3) is 13.9. The lowest BCUT2D eigenvalue weighted by Gasteiger charge is -2.11. The number of guanidine groups is 1. The van der Waals surface area contributed by atoms with Crippen molar-refractivity contribution >= 4 is 35.8 Å². The first-order valence-corrected chi connectivity index (χ1v) is 7.11. The SMILES string of the molecule is CCCNC(=O)CCNC(=NCCOCC)NCC.I. The Morgan fingerprint density at radius 3 is 2.45 bits per heavy atom. The molecule has 20 heavy (non-hydrogen) atoms. The molecule has 1 amide bonds. The Bertz CT molecular complexity index is 263. The van der Waals surface area contributed by atoms with E-state index in [1.165, 1.54) is 0 Å². The Kier molecular flexibility index (Phi) is 17.9. The number of rotatable bonds is 10. The van der Waals surface area contributed by atoms with Crippen molar-refractivity contribution < 1.29 is 9.53 Å². The summed E-state index contributed by atoms with van der Waals surface area (Å²) < 4.78 is 5.22. The second-order valence-corrected chi connectivity index (χ2v) is 3.98. The van der Waals surface area contributed by atoms with E-state index in [0.29, 0.717) is 32.7 Å². The van der Waals surface area contributed by atoms with Gasteiger partial charge >= 0.3 is 0 Å². The van der Waals surface area contributed by atoms with Gasteiger partial charge in [-0.25, -0.2) is 0 Å². The van der Waals surface area contributed by atoms with Crippen molar-refractivity contribution in [1.82, 2.24) is 16.0 Å². The fourth-order valence-electron chi connectivity index (χ4n) is 1.36. The smallest absolute Gasteiger partial charge is 0.221 e. The molecule has 0 unspecified atom stereocenters. The van der Waals surface area contributed by atoms with Gasteiger partial charge in [0, 0.05) is 32.7 Å². The molecule has 0 aliphatic carbocycles. The van der Waals surface area contributed by atoms with Crippen LogP contribution in [0.1, 0.15) is 33.6 Å². The zero-order chi connectivity index (χ0) is 14.3. The van der Waals surface area contributed by atoms with Gasteiger partial charge in [-0.05, 0) is 20.3 Å². The van der Waals surface area contributed by atoms with Crippen LogP contribution in [0, 0.1) is 0 Å². The molecule has 120 valence electrons. The van der Waals surface area contributed by atoms with Gasteiger partial charge in [0.25, 0.3) is 0 Å². The summed E-state index contributed by atoms with van der Waals surface area (Å²) >= 11 is 0. The highest BCUT2D eigenvalue weighted by atomic mass is 127. The maximum absolute atomic E-state index is 11.4. The Balaban J connectivity index is 0. The molecule has 0 aromatic rings. The van der Waals surface area contributed by atoms with Crippen molar-refractivity contribution in [1.29, 1.82) is 0 Å². The summed E-state index contributed by atoms with van der Waals surface area (Å²) in [5, 5.41) is 9.09. The molecule has 0 rings (SSSR count). The minimum atomic E-state index is 0. The summed E-state index contributed by atoms with van der Waals surface area (Å²) in [6.07, 6.45) is 1.41. The molecule has 0 atom stereocenters. The van der Waals surface area contributed by atoms with Crippen molar-refractivity contribution in [2.45, 2.75) is 33.6 Å². The molecule has 7 heteroatoms. The van der Waals surface area contributed by atoms with Crippen LogP contribution in [0.4, 0.5) is 0 Å². The maximum Gasteiger partial charge on any atom is 0.221 e. The lowest BCUT2D eigenvalue weighted by atomic mass is 10.4. The van der Waals surface area contributed by atoms with E-state index in [1.807, 2.05) is 20.8 Å². The van der Waals surface area contributed by atoms with E-state index in [4.69, 9.17) is 4.74 Å². The van der Waals surface area contributed by atoms with Crippen LogP contribution < -0.4 is 16.0 Å². The Labute approximate surface area is 139 Å². The van der Waals surface area contributed by atoms with Crippen molar-refractivity contribution in [3.05, 3.63) is 0 Å². The number of nitrogens with one attached hydrogen (secondary N) is 3. The van der Waals surface area contributed by atoms with Crippen LogP contribution in [0.2, 0.25) is 0 Å². The molecule has 0 aliphatic heterocycles. The molecule has 0 heterocycles. The van der Waals surface area contributed by atoms with E-state index in [9.17, 15) is 4.79 Å². The molecule has 0 aromatic carbocycles. The lowest BCUT2D eigenvalue weighted by molar-refractivity contribution is -0.120. The molecule has 0 aromatic heterocycles. The standard InChI is InChI=1S/C13H28N4O2.HI/c1-4-8-15-12(18)7-9-16-13(14-5-2)17-10-11-19-6-3;/h4-11H2,1-3H3,(H,15,18)(H2,14,16,17);1H. The van der Waals surface area contributed by atoms with Gasteiger partial charge in [0.15, 0.2) is 5.96 Å². The van der Waals surface area contributed by atoms with Gasteiger partial charge in [-0.3, -0.25) is 9.79 Å². The predicted octanol–water partition coefficient (Wildman–Crippen LogP) is 1.11. The molecule has 0 saturated carbocycles. The number of hydrogen-bond donors (Lipinski definition) is 3. The van der Waals surface area contributed by atoms with E-state index in [-0.39, 0.29) is 29.9 Å². The molecular weight excluding hydrogens is 371 g/mol. The van der Waals surface area contributed by atoms with Crippen LogP contribution in [0.25, 0.3) is 0 Å². The average molecular weight is 400 g/mol. The van der Waals surface area contributed by atoms with Gasteiger partial charge in [0.1, 0.15) is 0 Å². The van der Waals surface area contributed by atoms with Gasteiger partial charge in [0.05, 0.1) is 13.2 Å². The molecule has 6 nitrogen and oxygen atoms in total. The van der Waals surface area contributed by atoms with Crippen LogP contribution in [0.5, 0.6) is 0 Å². The van der Waals surface area contributed by atoms with Gasteiger partial charge in [-0.2, -0.15) is 0 Å². The predicted molar refractivity (Wildman–Crippen MR) is 93.8 cm³/mol. The minimum Gasteiger partial charge on any atom is -0.380 e. The molecule has 0 radical (unpaired) electrons. The van der Waals surface area contributed by atoms with E-state index < -0.39 is 0 Å². The van der Waals surface area contributed by atoms with Gasteiger partial charge < -0.3 is 20.7 Å². The number of nitrogens with zero attached hydrogens (tertiary/aromatic N) is 1. The molecule has 0 fully saturated rings. The molecule has 0 spiro atoms. The molecule has 0 bridgehead atoms. The summed E-state index contributed by atoms with van der Waals surface area (Å²) in [5.74, 6) is 0.796. The largest absolute Gasteiger partial charge is 0.380 e. The topological polar surface area (TPSA) is 74.8 Å². The maximum atomic E-state index is 11.4. The second-order valence-electron chi connectivity index (χ2n) is 3.98.